The first-order valence-corrected chi connectivity index (χ1v) is 3.22. The Labute approximate surface area is 69.0 Å². The van der Waals surface area contributed by atoms with Crippen molar-refractivity contribution in [2.45, 2.75) is 0 Å². The molecule has 0 saturated carbocycles. The molecule has 0 amide bonds. The summed E-state index contributed by atoms with van der Waals surface area (Å²) in [4.78, 5) is 14.0. The van der Waals surface area contributed by atoms with Crippen molar-refractivity contribution >= 4 is 24.7 Å². The van der Waals surface area contributed by atoms with Crippen molar-refractivity contribution in [3.63, 3.8) is 0 Å². The lowest BCUT2D eigenvalue weighted by molar-refractivity contribution is 0.112. The first-order chi connectivity index (χ1) is 5.66. The summed E-state index contributed by atoms with van der Waals surface area (Å²) in [5.74, 6) is -0.00407. The first kappa shape index (κ1) is 8.70. The van der Waals surface area contributed by atoms with Crippen LogP contribution in [-0.4, -0.2) is 28.4 Å². The van der Waals surface area contributed by atoms with Gasteiger partial charge >= 0.3 is 7.12 Å². The summed E-state index contributed by atoms with van der Waals surface area (Å²) in [7, 11) is -1.70. The monoisotopic (exact) mass is 166 g/mol. The number of hydrogen-bond acceptors (Lipinski definition) is 5. The number of aldehydes is 1. The molecule has 1 aromatic rings. The minimum absolute atomic E-state index is 0.00407. The van der Waals surface area contributed by atoms with Gasteiger partial charge in [0.1, 0.15) is 5.82 Å². The Kier molecular flexibility index (Phi) is 2.42. The maximum Gasteiger partial charge on any atom is 0.489 e. The number of nitrogen functional groups attached to an aromatic ring is 1. The second kappa shape index (κ2) is 3.33. The second-order valence-corrected chi connectivity index (χ2v) is 2.19. The number of aromatic nitrogens is 1. The van der Waals surface area contributed by atoms with Crippen LogP contribution in [0, 0.1) is 0 Å². The molecule has 0 unspecified atom stereocenters. The highest BCUT2D eigenvalue weighted by Crippen LogP contribution is 2.00. The average molecular weight is 166 g/mol. The number of nitrogens with zero attached hydrogens (tertiary/aromatic N) is 1. The van der Waals surface area contributed by atoms with Gasteiger partial charge in [0.2, 0.25) is 0 Å². The Balaban J connectivity index is 3.27. The molecule has 5 nitrogen and oxygen atoms in total. The van der Waals surface area contributed by atoms with Crippen LogP contribution in [0.15, 0.2) is 12.3 Å². The van der Waals surface area contributed by atoms with E-state index in [1.54, 1.807) is 0 Å². The summed E-state index contributed by atoms with van der Waals surface area (Å²) in [6.45, 7) is 0. The molecule has 4 N–H and O–H groups in total. The molecule has 1 aromatic heterocycles. The number of hydrogen-bond donors (Lipinski definition) is 3. The van der Waals surface area contributed by atoms with Gasteiger partial charge in [0.05, 0.1) is 5.56 Å². The van der Waals surface area contributed by atoms with Crippen LogP contribution >= 0.6 is 0 Å². The molecule has 0 aromatic carbocycles. The van der Waals surface area contributed by atoms with Gasteiger partial charge in [-0.3, -0.25) is 4.79 Å². The molecule has 1 heterocycles. The third-order valence-electron chi connectivity index (χ3n) is 1.45. The van der Waals surface area contributed by atoms with Crippen molar-refractivity contribution in [1.29, 1.82) is 0 Å². The van der Waals surface area contributed by atoms with Crippen molar-refractivity contribution in [3.05, 3.63) is 17.8 Å². The molecule has 0 aliphatic rings. The van der Waals surface area contributed by atoms with E-state index in [0.29, 0.717) is 6.29 Å². The van der Waals surface area contributed by atoms with Gasteiger partial charge in [-0.25, -0.2) is 4.98 Å². The van der Waals surface area contributed by atoms with Gasteiger partial charge in [0.15, 0.2) is 6.29 Å². The Hall–Kier alpha value is -1.40. The highest BCUT2D eigenvalue weighted by atomic mass is 16.4. The summed E-state index contributed by atoms with van der Waals surface area (Å²) < 4.78 is 0. The van der Waals surface area contributed by atoms with E-state index < -0.39 is 7.12 Å². The Morgan fingerprint density at radius 3 is 2.67 bits per heavy atom. The summed E-state index contributed by atoms with van der Waals surface area (Å²) >= 11 is 0. The molecule has 1 rings (SSSR count). The standard InChI is InChI=1S/C6H7BN2O3/c8-6-4(3-10)5(7(11)12)1-2-9-6/h1-3,11-12H,(H2,8,9). The van der Waals surface area contributed by atoms with Gasteiger partial charge in [-0.15, -0.1) is 0 Å². The van der Waals surface area contributed by atoms with Crippen LogP contribution in [0.25, 0.3) is 0 Å². The summed E-state index contributed by atoms with van der Waals surface area (Å²) in [5.41, 5.74) is 5.39. The van der Waals surface area contributed by atoms with Crippen LogP contribution in [0.1, 0.15) is 10.4 Å². The van der Waals surface area contributed by atoms with E-state index in [1.807, 2.05) is 0 Å². The molecule has 0 aliphatic heterocycles. The fraction of sp³-hybridized carbons (Fsp3) is 0. The third kappa shape index (κ3) is 1.44. The van der Waals surface area contributed by atoms with Gasteiger partial charge < -0.3 is 15.8 Å². The fourth-order valence-electron chi connectivity index (χ4n) is 0.859. The molecule has 0 fully saturated rings. The van der Waals surface area contributed by atoms with Crippen LogP contribution < -0.4 is 11.2 Å². The largest absolute Gasteiger partial charge is 0.489 e. The fourth-order valence-corrected chi connectivity index (χ4v) is 0.859. The van der Waals surface area contributed by atoms with Crippen LogP contribution in [0.3, 0.4) is 0 Å². The van der Waals surface area contributed by atoms with Crippen LogP contribution in [0.4, 0.5) is 5.82 Å². The van der Waals surface area contributed by atoms with E-state index in [2.05, 4.69) is 4.98 Å². The van der Waals surface area contributed by atoms with Crippen molar-refractivity contribution in [1.82, 2.24) is 4.98 Å². The number of rotatable bonds is 2. The quantitative estimate of drug-likeness (QED) is 0.354. The molecule has 0 atom stereocenters. The predicted octanol–water partition coefficient (Wildman–Crippen LogP) is -1.84. The molecule has 0 saturated heterocycles. The van der Waals surface area contributed by atoms with E-state index in [-0.39, 0.29) is 16.8 Å². The van der Waals surface area contributed by atoms with E-state index >= 15 is 0 Å². The van der Waals surface area contributed by atoms with Crippen LogP contribution in [0.2, 0.25) is 0 Å². The van der Waals surface area contributed by atoms with Crippen LogP contribution in [0.5, 0.6) is 0 Å². The molecular formula is C6H7BN2O3. The van der Waals surface area contributed by atoms with Gasteiger partial charge in [-0.05, 0) is 11.5 Å². The molecule has 6 heteroatoms. The molecule has 0 bridgehead atoms. The topological polar surface area (TPSA) is 96.4 Å². The summed E-state index contributed by atoms with van der Waals surface area (Å²) in [6, 6.07) is 1.32. The number of carbonyl (C=O) groups is 1. The van der Waals surface area contributed by atoms with Crippen molar-refractivity contribution in [2.24, 2.45) is 0 Å². The summed E-state index contributed by atoms with van der Waals surface area (Å²) in [6.07, 6.45) is 1.74. The summed E-state index contributed by atoms with van der Waals surface area (Å²) in [5, 5.41) is 17.5. The normalized spacial score (nSPS) is 9.50. The minimum Gasteiger partial charge on any atom is -0.423 e. The van der Waals surface area contributed by atoms with Gasteiger partial charge in [0, 0.05) is 6.20 Å². The van der Waals surface area contributed by atoms with E-state index in [4.69, 9.17) is 15.8 Å². The zero-order valence-electron chi connectivity index (χ0n) is 6.14. The maximum absolute atomic E-state index is 10.4. The average Bonchev–Trinajstić information content (AvgIpc) is 2.03. The number of carbonyl (C=O) groups excluding carboxylic acids is 1. The maximum atomic E-state index is 10.4. The van der Waals surface area contributed by atoms with Crippen molar-refractivity contribution in [3.8, 4) is 0 Å². The Morgan fingerprint density at radius 2 is 2.25 bits per heavy atom. The molecule has 0 aliphatic carbocycles. The van der Waals surface area contributed by atoms with E-state index in [0.717, 1.165) is 0 Å². The Morgan fingerprint density at radius 1 is 1.58 bits per heavy atom. The molecular weight excluding hydrogens is 159 g/mol. The number of anilines is 1. The van der Waals surface area contributed by atoms with Gasteiger partial charge in [-0.2, -0.15) is 0 Å². The SMILES string of the molecule is Nc1nccc(B(O)O)c1C=O. The third-order valence-corrected chi connectivity index (χ3v) is 1.45. The molecule has 0 radical (unpaired) electrons. The number of nitrogens with two attached hydrogens (primary N) is 1. The highest BCUT2D eigenvalue weighted by molar-refractivity contribution is 6.60. The van der Waals surface area contributed by atoms with Crippen LogP contribution in [-0.2, 0) is 0 Å². The second-order valence-electron chi connectivity index (χ2n) is 2.19. The number of pyridine rings is 1. The molecule has 12 heavy (non-hydrogen) atoms. The predicted molar refractivity (Wildman–Crippen MR) is 43.9 cm³/mol. The van der Waals surface area contributed by atoms with Crippen molar-refractivity contribution < 1.29 is 14.8 Å². The molecule has 0 spiro atoms. The van der Waals surface area contributed by atoms with E-state index in [9.17, 15) is 4.79 Å². The zero-order chi connectivity index (χ0) is 9.14. The lowest BCUT2D eigenvalue weighted by Gasteiger charge is -2.03. The smallest absolute Gasteiger partial charge is 0.423 e. The Bertz CT molecular complexity index is 303. The lowest BCUT2D eigenvalue weighted by atomic mass is 9.78. The van der Waals surface area contributed by atoms with Gasteiger partial charge in [-0.1, -0.05) is 0 Å². The van der Waals surface area contributed by atoms with E-state index in [1.165, 1.54) is 12.3 Å². The minimum atomic E-state index is -1.70. The molecule has 62 valence electrons. The zero-order valence-corrected chi connectivity index (χ0v) is 6.14. The highest BCUT2D eigenvalue weighted by Gasteiger charge is 2.17. The lowest BCUT2D eigenvalue weighted by Crippen LogP contribution is -2.33. The van der Waals surface area contributed by atoms with Gasteiger partial charge in [0.25, 0.3) is 0 Å². The first-order valence-electron chi connectivity index (χ1n) is 3.22. The van der Waals surface area contributed by atoms with Crippen molar-refractivity contribution in [2.75, 3.05) is 5.73 Å².